The van der Waals surface area contributed by atoms with Crippen molar-refractivity contribution in [3.8, 4) is 5.75 Å². The molecule has 3 heteroatoms. The van der Waals surface area contributed by atoms with Crippen molar-refractivity contribution in [2.45, 2.75) is 26.7 Å². The molecule has 1 N–H and O–H groups in total. The molecule has 0 unspecified atom stereocenters. The van der Waals surface area contributed by atoms with Crippen molar-refractivity contribution in [3.05, 3.63) is 27.7 Å². The predicted octanol–water partition coefficient (Wildman–Crippen LogP) is 0.591. The molecular formula is C10H13BrClO-. The van der Waals surface area contributed by atoms with Crippen molar-refractivity contribution >= 4 is 15.9 Å². The normalized spacial score (nSPS) is 9.92. The van der Waals surface area contributed by atoms with E-state index in [9.17, 15) is 5.11 Å². The third kappa shape index (κ3) is 2.61. The van der Waals surface area contributed by atoms with Crippen molar-refractivity contribution in [3.63, 3.8) is 0 Å². The molecule has 1 aromatic carbocycles. The summed E-state index contributed by atoms with van der Waals surface area (Å²) in [4.78, 5) is 0. The minimum Gasteiger partial charge on any atom is -1.00 e. The molecule has 0 aliphatic rings. The van der Waals surface area contributed by atoms with E-state index in [0.29, 0.717) is 11.7 Å². The third-order valence-corrected chi connectivity index (χ3v) is 2.96. The molecule has 0 bridgehead atoms. The highest BCUT2D eigenvalue weighted by atomic mass is 79.9. The van der Waals surface area contributed by atoms with Crippen molar-refractivity contribution in [2.75, 3.05) is 0 Å². The lowest BCUT2D eigenvalue weighted by Crippen LogP contribution is -3.00. The van der Waals surface area contributed by atoms with E-state index in [0.717, 1.165) is 15.6 Å². The fourth-order valence-corrected chi connectivity index (χ4v) is 1.51. The second-order valence-corrected chi connectivity index (χ2v) is 4.08. The largest absolute Gasteiger partial charge is 1.00 e. The van der Waals surface area contributed by atoms with Crippen molar-refractivity contribution < 1.29 is 17.5 Å². The molecule has 0 saturated heterocycles. The fraction of sp³-hybridized carbons (Fsp3) is 0.400. The van der Waals surface area contributed by atoms with Crippen LogP contribution in [0.25, 0.3) is 0 Å². The lowest BCUT2D eigenvalue weighted by molar-refractivity contribution is -0.00000365. The minimum absolute atomic E-state index is 0. The Hall–Kier alpha value is -0.210. The number of rotatable bonds is 1. The van der Waals surface area contributed by atoms with Crippen LogP contribution in [0, 0.1) is 6.92 Å². The number of hydrogen-bond acceptors (Lipinski definition) is 1. The number of phenols is 1. The standard InChI is InChI=1S/C10H13BrO.ClH/c1-6(2)8-5-4-7(3)9(11)10(8)12;/h4-6,12H,1-3H3;1H/p-1. The van der Waals surface area contributed by atoms with Gasteiger partial charge in [-0.05, 0) is 39.9 Å². The monoisotopic (exact) mass is 263 g/mol. The van der Waals surface area contributed by atoms with Crippen LogP contribution in [0.4, 0.5) is 0 Å². The second-order valence-electron chi connectivity index (χ2n) is 3.29. The van der Waals surface area contributed by atoms with Gasteiger partial charge >= 0.3 is 0 Å². The van der Waals surface area contributed by atoms with Gasteiger partial charge in [0.25, 0.3) is 0 Å². The molecule has 0 heterocycles. The number of phenolic OH excluding ortho intramolecular Hbond substituents is 1. The Balaban J connectivity index is 0.00000144. The van der Waals surface area contributed by atoms with E-state index in [1.807, 2.05) is 19.1 Å². The lowest BCUT2D eigenvalue weighted by Gasteiger charge is -2.10. The van der Waals surface area contributed by atoms with Gasteiger partial charge in [0, 0.05) is 0 Å². The second kappa shape index (κ2) is 4.87. The molecule has 0 spiro atoms. The quantitative estimate of drug-likeness (QED) is 0.787. The molecule has 0 aliphatic heterocycles. The Bertz CT molecular complexity index is 297. The number of aryl methyl sites for hydroxylation is 1. The summed E-state index contributed by atoms with van der Waals surface area (Å²) in [6.45, 7) is 6.10. The van der Waals surface area contributed by atoms with Crippen LogP contribution in [0.15, 0.2) is 16.6 Å². The summed E-state index contributed by atoms with van der Waals surface area (Å²) >= 11 is 3.35. The maximum Gasteiger partial charge on any atom is 0.133 e. The Labute approximate surface area is 93.7 Å². The number of hydrogen-bond donors (Lipinski definition) is 1. The van der Waals surface area contributed by atoms with Crippen LogP contribution in [0.1, 0.15) is 30.9 Å². The highest BCUT2D eigenvalue weighted by Gasteiger charge is 2.09. The van der Waals surface area contributed by atoms with Crippen LogP contribution in [0.5, 0.6) is 5.75 Å². The topological polar surface area (TPSA) is 20.2 Å². The molecule has 13 heavy (non-hydrogen) atoms. The number of halogens is 2. The zero-order chi connectivity index (χ0) is 9.30. The van der Waals surface area contributed by atoms with Gasteiger partial charge in [-0.1, -0.05) is 26.0 Å². The molecule has 0 amide bonds. The molecular weight excluding hydrogens is 251 g/mol. The van der Waals surface area contributed by atoms with Crippen LogP contribution in [-0.2, 0) is 0 Å². The lowest BCUT2D eigenvalue weighted by atomic mass is 10.0. The van der Waals surface area contributed by atoms with Gasteiger partial charge in [0.15, 0.2) is 0 Å². The Kier molecular flexibility index (Phi) is 4.79. The SMILES string of the molecule is Cc1ccc(C(C)C)c(O)c1Br.[Cl-]. The molecule has 1 nitrogen and oxygen atoms in total. The Morgan fingerprint density at radius 3 is 2.31 bits per heavy atom. The van der Waals surface area contributed by atoms with Crippen molar-refractivity contribution in [1.82, 2.24) is 0 Å². The van der Waals surface area contributed by atoms with E-state index >= 15 is 0 Å². The van der Waals surface area contributed by atoms with Crippen LogP contribution >= 0.6 is 15.9 Å². The minimum atomic E-state index is 0. The molecule has 0 aliphatic carbocycles. The van der Waals surface area contributed by atoms with Gasteiger partial charge in [-0.25, -0.2) is 0 Å². The van der Waals surface area contributed by atoms with Gasteiger partial charge in [-0.15, -0.1) is 0 Å². The molecule has 1 rings (SSSR count). The van der Waals surface area contributed by atoms with E-state index in [1.165, 1.54) is 0 Å². The summed E-state index contributed by atoms with van der Waals surface area (Å²) in [5.41, 5.74) is 2.06. The summed E-state index contributed by atoms with van der Waals surface area (Å²) in [6, 6.07) is 3.99. The van der Waals surface area contributed by atoms with Gasteiger partial charge in [-0.3, -0.25) is 0 Å². The molecule has 0 saturated carbocycles. The van der Waals surface area contributed by atoms with Crippen molar-refractivity contribution in [2.24, 2.45) is 0 Å². The fourth-order valence-electron chi connectivity index (χ4n) is 1.15. The Morgan fingerprint density at radius 2 is 1.85 bits per heavy atom. The number of benzene rings is 1. The van der Waals surface area contributed by atoms with E-state index in [2.05, 4.69) is 29.8 Å². The molecule has 74 valence electrons. The van der Waals surface area contributed by atoms with Gasteiger partial charge < -0.3 is 17.5 Å². The summed E-state index contributed by atoms with van der Waals surface area (Å²) < 4.78 is 0.814. The van der Waals surface area contributed by atoms with Crippen molar-refractivity contribution in [1.29, 1.82) is 0 Å². The summed E-state index contributed by atoms with van der Waals surface area (Å²) in [7, 11) is 0. The van der Waals surface area contributed by atoms with Crippen LogP contribution < -0.4 is 12.4 Å². The maximum absolute atomic E-state index is 9.70. The highest BCUT2D eigenvalue weighted by molar-refractivity contribution is 9.10. The molecule has 0 fully saturated rings. The molecule has 0 atom stereocenters. The van der Waals surface area contributed by atoms with Gasteiger partial charge in [0.1, 0.15) is 5.75 Å². The van der Waals surface area contributed by atoms with Gasteiger partial charge in [0.05, 0.1) is 4.47 Å². The van der Waals surface area contributed by atoms with E-state index in [4.69, 9.17) is 0 Å². The highest BCUT2D eigenvalue weighted by Crippen LogP contribution is 2.34. The van der Waals surface area contributed by atoms with Gasteiger partial charge in [0.2, 0.25) is 0 Å². The first-order valence-electron chi connectivity index (χ1n) is 4.02. The summed E-state index contributed by atoms with van der Waals surface area (Å²) in [5.74, 6) is 0.742. The molecule has 0 radical (unpaired) electrons. The molecule has 0 aromatic heterocycles. The zero-order valence-electron chi connectivity index (χ0n) is 7.94. The third-order valence-electron chi connectivity index (χ3n) is 1.96. The molecule has 1 aromatic rings. The van der Waals surface area contributed by atoms with Crippen LogP contribution in [0.3, 0.4) is 0 Å². The summed E-state index contributed by atoms with van der Waals surface area (Å²) in [5, 5.41) is 9.70. The van der Waals surface area contributed by atoms with E-state index in [1.54, 1.807) is 0 Å². The Morgan fingerprint density at radius 1 is 1.31 bits per heavy atom. The smallest absolute Gasteiger partial charge is 0.133 e. The van der Waals surface area contributed by atoms with Crippen LogP contribution in [-0.4, -0.2) is 5.11 Å². The van der Waals surface area contributed by atoms with Gasteiger partial charge in [-0.2, -0.15) is 0 Å². The van der Waals surface area contributed by atoms with E-state index < -0.39 is 0 Å². The number of aromatic hydroxyl groups is 1. The average molecular weight is 265 g/mol. The average Bonchev–Trinajstić information content (AvgIpc) is 2.00. The predicted molar refractivity (Wildman–Crippen MR) is 54.6 cm³/mol. The van der Waals surface area contributed by atoms with Crippen LogP contribution in [0.2, 0.25) is 0 Å². The first kappa shape index (κ1) is 12.8. The summed E-state index contributed by atoms with van der Waals surface area (Å²) in [6.07, 6.45) is 0. The first-order valence-corrected chi connectivity index (χ1v) is 4.81. The maximum atomic E-state index is 9.70. The first-order chi connectivity index (χ1) is 5.54. The van der Waals surface area contributed by atoms with E-state index in [-0.39, 0.29) is 12.4 Å². The zero-order valence-corrected chi connectivity index (χ0v) is 10.3.